The van der Waals surface area contributed by atoms with E-state index in [9.17, 15) is 14.0 Å². The molecule has 5 nitrogen and oxygen atoms in total. The molecule has 1 aromatic heterocycles. The van der Waals surface area contributed by atoms with E-state index < -0.39 is 17.7 Å². The molecule has 0 aliphatic carbocycles. The summed E-state index contributed by atoms with van der Waals surface area (Å²) in [5.74, 6) is -1.22. The molecule has 2 rings (SSSR count). The SMILES string of the molecule is COC(=O)C(C)CN(Cc1ccco1)C(=O)c1cccc(F)c1. The van der Waals surface area contributed by atoms with E-state index in [0.29, 0.717) is 5.76 Å². The van der Waals surface area contributed by atoms with E-state index in [0.717, 1.165) is 0 Å². The summed E-state index contributed by atoms with van der Waals surface area (Å²) in [6.07, 6.45) is 1.50. The zero-order valence-electron chi connectivity index (χ0n) is 13.0. The second-order valence-corrected chi connectivity index (χ2v) is 5.20. The van der Waals surface area contributed by atoms with Crippen molar-refractivity contribution >= 4 is 11.9 Å². The van der Waals surface area contributed by atoms with Gasteiger partial charge in [0.25, 0.3) is 5.91 Å². The van der Waals surface area contributed by atoms with E-state index in [2.05, 4.69) is 0 Å². The van der Waals surface area contributed by atoms with Crippen molar-refractivity contribution in [2.24, 2.45) is 5.92 Å². The highest BCUT2D eigenvalue weighted by Gasteiger charge is 2.23. The van der Waals surface area contributed by atoms with E-state index in [-0.39, 0.29) is 24.6 Å². The lowest BCUT2D eigenvalue weighted by Crippen LogP contribution is -2.36. The number of ether oxygens (including phenoxy) is 1. The van der Waals surface area contributed by atoms with Gasteiger partial charge in [-0.2, -0.15) is 0 Å². The van der Waals surface area contributed by atoms with Crippen molar-refractivity contribution in [3.8, 4) is 0 Å². The minimum absolute atomic E-state index is 0.142. The molecule has 0 bridgehead atoms. The molecule has 2 aromatic rings. The van der Waals surface area contributed by atoms with Crippen molar-refractivity contribution in [1.82, 2.24) is 4.90 Å². The maximum absolute atomic E-state index is 13.4. The topological polar surface area (TPSA) is 59.8 Å². The molecule has 23 heavy (non-hydrogen) atoms. The van der Waals surface area contributed by atoms with Crippen LogP contribution in [0.3, 0.4) is 0 Å². The summed E-state index contributed by atoms with van der Waals surface area (Å²) in [7, 11) is 1.30. The smallest absolute Gasteiger partial charge is 0.310 e. The van der Waals surface area contributed by atoms with Crippen LogP contribution in [0.4, 0.5) is 4.39 Å². The summed E-state index contributed by atoms with van der Waals surface area (Å²) in [6.45, 7) is 1.99. The van der Waals surface area contributed by atoms with Crippen LogP contribution in [0, 0.1) is 11.7 Å². The molecule has 1 aromatic carbocycles. The standard InChI is InChI=1S/C17H18FNO4/c1-12(17(21)22-2)10-19(11-15-7-4-8-23-15)16(20)13-5-3-6-14(18)9-13/h3-9,12H,10-11H2,1-2H3. The molecule has 0 aliphatic heterocycles. The molecule has 0 saturated heterocycles. The number of hydrogen-bond acceptors (Lipinski definition) is 4. The van der Waals surface area contributed by atoms with Crippen LogP contribution in [0.15, 0.2) is 47.1 Å². The lowest BCUT2D eigenvalue weighted by atomic mass is 10.1. The van der Waals surface area contributed by atoms with Crippen LogP contribution >= 0.6 is 0 Å². The number of nitrogens with zero attached hydrogens (tertiary/aromatic N) is 1. The van der Waals surface area contributed by atoms with Crippen LogP contribution in [0.25, 0.3) is 0 Å². The number of benzene rings is 1. The largest absolute Gasteiger partial charge is 0.469 e. The fourth-order valence-corrected chi connectivity index (χ4v) is 2.22. The summed E-state index contributed by atoms with van der Waals surface area (Å²) in [5, 5.41) is 0. The van der Waals surface area contributed by atoms with Crippen LogP contribution in [-0.4, -0.2) is 30.4 Å². The third-order valence-corrected chi connectivity index (χ3v) is 3.38. The Labute approximate surface area is 133 Å². The third kappa shape index (κ3) is 4.42. The van der Waals surface area contributed by atoms with Gasteiger partial charge in [-0.15, -0.1) is 0 Å². The van der Waals surface area contributed by atoms with Crippen molar-refractivity contribution < 1.29 is 23.1 Å². The van der Waals surface area contributed by atoms with Gasteiger partial charge in [-0.3, -0.25) is 9.59 Å². The lowest BCUT2D eigenvalue weighted by molar-refractivity contribution is -0.145. The summed E-state index contributed by atoms with van der Waals surface area (Å²) < 4.78 is 23.3. The van der Waals surface area contributed by atoms with Gasteiger partial charge in [0.05, 0.1) is 25.8 Å². The Morgan fingerprint density at radius 2 is 2.09 bits per heavy atom. The third-order valence-electron chi connectivity index (χ3n) is 3.38. The summed E-state index contributed by atoms with van der Waals surface area (Å²) >= 11 is 0. The molecule has 0 saturated carbocycles. The van der Waals surface area contributed by atoms with Crippen molar-refractivity contribution in [1.29, 1.82) is 0 Å². The first-order valence-corrected chi connectivity index (χ1v) is 7.16. The summed E-state index contributed by atoms with van der Waals surface area (Å²) in [4.78, 5) is 25.7. The number of esters is 1. The average molecular weight is 319 g/mol. The second-order valence-electron chi connectivity index (χ2n) is 5.20. The molecule has 0 aliphatic rings. The van der Waals surface area contributed by atoms with Gasteiger partial charge < -0.3 is 14.1 Å². The fraction of sp³-hybridized carbons (Fsp3) is 0.294. The highest BCUT2D eigenvalue weighted by atomic mass is 19.1. The lowest BCUT2D eigenvalue weighted by Gasteiger charge is -2.24. The first-order valence-electron chi connectivity index (χ1n) is 7.16. The molecule has 0 fully saturated rings. The number of furan rings is 1. The number of hydrogen-bond donors (Lipinski definition) is 0. The summed E-state index contributed by atoms with van der Waals surface area (Å²) in [6, 6.07) is 8.88. The van der Waals surface area contributed by atoms with E-state index >= 15 is 0 Å². The van der Waals surface area contributed by atoms with Crippen LogP contribution < -0.4 is 0 Å². The number of carbonyl (C=O) groups is 2. The van der Waals surface area contributed by atoms with Crippen LogP contribution in [-0.2, 0) is 16.1 Å². The maximum Gasteiger partial charge on any atom is 0.310 e. The monoisotopic (exact) mass is 319 g/mol. The number of carbonyl (C=O) groups excluding carboxylic acids is 2. The molecule has 0 spiro atoms. The Kier molecular flexibility index (Phi) is 5.51. The maximum atomic E-state index is 13.4. The molecule has 0 N–H and O–H groups in total. The first kappa shape index (κ1) is 16.7. The molecule has 1 unspecified atom stereocenters. The number of halogens is 1. The Balaban J connectivity index is 2.21. The molecule has 1 heterocycles. The van der Waals surface area contributed by atoms with Crippen LogP contribution in [0.1, 0.15) is 23.0 Å². The van der Waals surface area contributed by atoms with Crippen LogP contribution in [0.2, 0.25) is 0 Å². The molecule has 1 atom stereocenters. The first-order chi connectivity index (χ1) is 11.0. The van der Waals surface area contributed by atoms with Gasteiger partial charge in [0, 0.05) is 12.1 Å². The van der Waals surface area contributed by atoms with Crippen molar-refractivity contribution in [2.75, 3.05) is 13.7 Å². The van der Waals surface area contributed by atoms with Crippen molar-refractivity contribution in [3.05, 3.63) is 59.8 Å². The quantitative estimate of drug-likeness (QED) is 0.768. The molecule has 1 amide bonds. The van der Waals surface area contributed by atoms with E-state index in [4.69, 9.17) is 9.15 Å². The Hall–Kier alpha value is -2.63. The fourth-order valence-electron chi connectivity index (χ4n) is 2.22. The number of methoxy groups -OCH3 is 1. The number of amides is 1. The molecule has 122 valence electrons. The zero-order valence-corrected chi connectivity index (χ0v) is 13.0. The molecule has 0 radical (unpaired) electrons. The predicted octanol–water partition coefficient (Wildman–Crippen LogP) is 2.87. The normalized spacial score (nSPS) is 11.8. The van der Waals surface area contributed by atoms with Crippen LogP contribution in [0.5, 0.6) is 0 Å². The van der Waals surface area contributed by atoms with Crippen molar-refractivity contribution in [3.63, 3.8) is 0 Å². The van der Waals surface area contributed by atoms with E-state index in [1.807, 2.05) is 0 Å². The average Bonchev–Trinajstić information content (AvgIpc) is 3.05. The number of rotatable bonds is 6. The van der Waals surface area contributed by atoms with Gasteiger partial charge in [-0.25, -0.2) is 4.39 Å². The minimum atomic E-state index is -0.507. The molecular formula is C17H18FNO4. The van der Waals surface area contributed by atoms with Gasteiger partial charge >= 0.3 is 5.97 Å². The highest BCUT2D eigenvalue weighted by Crippen LogP contribution is 2.14. The Morgan fingerprint density at radius 1 is 1.30 bits per heavy atom. The van der Waals surface area contributed by atoms with Gasteiger partial charge in [-0.1, -0.05) is 13.0 Å². The van der Waals surface area contributed by atoms with E-state index in [1.165, 1.54) is 42.5 Å². The molecular weight excluding hydrogens is 301 g/mol. The Bertz CT molecular complexity index is 669. The molecule has 6 heteroatoms. The van der Waals surface area contributed by atoms with Gasteiger partial charge in [0.1, 0.15) is 11.6 Å². The summed E-state index contributed by atoms with van der Waals surface area (Å²) in [5.41, 5.74) is 0.216. The predicted molar refractivity (Wildman–Crippen MR) is 81.0 cm³/mol. The van der Waals surface area contributed by atoms with Gasteiger partial charge in [0.2, 0.25) is 0 Å². The van der Waals surface area contributed by atoms with Gasteiger partial charge in [0.15, 0.2) is 0 Å². The van der Waals surface area contributed by atoms with Crippen molar-refractivity contribution in [2.45, 2.75) is 13.5 Å². The Morgan fingerprint density at radius 3 is 2.70 bits per heavy atom. The highest BCUT2D eigenvalue weighted by molar-refractivity contribution is 5.94. The minimum Gasteiger partial charge on any atom is -0.469 e. The van der Waals surface area contributed by atoms with Gasteiger partial charge in [-0.05, 0) is 30.3 Å². The van der Waals surface area contributed by atoms with E-state index in [1.54, 1.807) is 19.1 Å². The zero-order chi connectivity index (χ0) is 16.8. The second kappa shape index (κ2) is 7.58.